The normalized spacial score (nSPS) is 28.4. The molecular formula is C25H30F3N. The molecule has 1 aromatic carbocycles. The van der Waals surface area contributed by atoms with Crippen LogP contribution < -0.4 is 0 Å². The highest BCUT2D eigenvalue weighted by molar-refractivity contribution is 5.22. The highest BCUT2D eigenvalue weighted by atomic mass is 19.2. The average Bonchev–Trinajstić information content (AvgIpc) is 2.75. The average molecular weight is 402 g/mol. The summed E-state index contributed by atoms with van der Waals surface area (Å²) in [5.41, 5.74) is 0.925. The van der Waals surface area contributed by atoms with Crippen molar-refractivity contribution >= 4 is 0 Å². The first-order valence-corrected chi connectivity index (χ1v) is 10.9. The van der Waals surface area contributed by atoms with Crippen LogP contribution in [-0.4, -0.2) is 0 Å². The fraction of sp³-hybridized carbons (Fsp3) is 0.560. The molecule has 0 saturated heterocycles. The largest absolute Gasteiger partial charge is 0.204 e. The maximum Gasteiger partial charge on any atom is 0.196 e. The number of benzene rings is 1. The molecule has 0 N–H and O–H groups in total. The van der Waals surface area contributed by atoms with Gasteiger partial charge >= 0.3 is 0 Å². The predicted octanol–water partition coefficient (Wildman–Crippen LogP) is 7.76. The lowest BCUT2D eigenvalue weighted by molar-refractivity contribution is 0.295. The summed E-state index contributed by atoms with van der Waals surface area (Å²) in [5, 5.41) is 8.44. The summed E-state index contributed by atoms with van der Waals surface area (Å²) in [6.07, 6.45) is 16.8. The molecule has 0 atom stereocenters. The Morgan fingerprint density at radius 3 is 2.14 bits per heavy atom. The van der Waals surface area contributed by atoms with Gasteiger partial charge in [0.1, 0.15) is 6.07 Å². The number of hydrogen-bond donors (Lipinski definition) is 0. The van der Waals surface area contributed by atoms with Crippen LogP contribution in [0.4, 0.5) is 13.2 Å². The van der Waals surface area contributed by atoms with E-state index >= 15 is 0 Å². The molecule has 2 fully saturated rings. The zero-order valence-corrected chi connectivity index (χ0v) is 16.9. The summed E-state index contributed by atoms with van der Waals surface area (Å²) in [6, 6.07) is 5.85. The van der Waals surface area contributed by atoms with Gasteiger partial charge in [-0.2, -0.15) is 9.65 Å². The van der Waals surface area contributed by atoms with Gasteiger partial charge in [-0.1, -0.05) is 18.2 Å². The van der Waals surface area contributed by atoms with Crippen LogP contribution in [-0.2, 0) is 0 Å². The molecule has 156 valence electrons. The SMILES string of the molecule is N#CC(F)=CCCC1CCC(C=CC2CCC(c3ccc(F)c(F)c3)CC2)CC1. The van der Waals surface area contributed by atoms with Crippen molar-refractivity contribution in [1.82, 2.24) is 0 Å². The van der Waals surface area contributed by atoms with Crippen LogP contribution >= 0.6 is 0 Å². The molecule has 1 aromatic rings. The maximum absolute atomic E-state index is 13.5. The topological polar surface area (TPSA) is 23.8 Å². The van der Waals surface area contributed by atoms with Crippen LogP contribution in [0.2, 0.25) is 0 Å². The second kappa shape index (κ2) is 10.7. The molecule has 2 aliphatic rings. The highest BCUT2D eigenvalue weighted by Gasteiger charge is 2.23. The Bertz CT molecular complexity index is 761. The van der Waals surface area contributed by atoms with E-state index in [0.29, 0.717) is 30.1 Å². The number of nitriles is 1. The van der Waals surface area contributed by atoms with Gasteiger partial charge in [-0.05, 0) is 112 Å². The summed E-state index contributed by atoms with van der Waals surface area (Å²) in [5.74, 6) is 0.0343. The Labute approximate surface area is 172 Å². The highest BCUT2D eigenvalue weighted by Crippen LogP contribution is 2.38. The fourth-order valence-corrected chi connectivity index (χ4v) is 4.89. The molecule has 0 aliphatic heterocycles. The van der Waals surface area contributed by atoms with Gasteiger partial charge in [-0.3, -0.25) is 0 Å². The van der Waals surface area contributed by atoms with E-state index in [9.17, 15) is 13.2 Å². The number of nitrogens with zero attached hydrogens (tertiary/aromatic N) is 1. The van der Waals surface area contributed by atoms with E-state index in [1.807, 2.05) is 0 Å². The molecule has 0 aromatic heterocycles. The molecule has 0 bridgehead atoms. The van der Waals surface area contributed by atoms with Crippen LogP contribution in [0.25, 0.3) is 0 Å². The minimum Gasteiger partial charge on any atom is -0.204 e. The minimum absolute atomic E-state index is 0.338. The van der Waals surface area contributed by atoms with Crippen LogP contribution in [0.1, 0.15) is 75.7 Å². The van der Waals surface area contributed by atoms with E-state index in [1.54, 1.807) is 6.07 Å². The van der Waals surface area contributed by atoms with Gasteiger partial charge < -0.3 is 0 Å². The first-order chi connectivity index (χ1) is 14.0. The van der Waals surface area contributed by atoms with Gasteiger partial charge in [0.25, 0.3) is 0 Å². The van der Waals surface area contributed by atoms with Crippen molar-refractivity contribution in [2.24, 2.45) is 17.8 Å². The second-order valence-electron chi connectivity index (χ2n) is 8.69. The minimum atomic E-state index is -0.772. The first kappa shape index (κ1) is 21.7. The molecule has 0 radical (unpaired) electrons. The van der Waals surface area contributed by atoms with Gasteiger partial charge in [-0.25, -0.2) is 8.78 Å². The molecule has 2 aliphatic carbocycles. The Morgan fingerprint density at radius 1 is 0.931 bits per heavy atom. The third-order valence-corrected chi connectivity index (χ3v) is 6.74. The Balaban J connectivity index is 1.38. The Morgan fingerprint density at radius 2 is 1.55 bits per heavy atom. The number of rotatable bonds is 6. The molecule has 0 unspecified atom stereocenters. The van der Waals surface area contributed by atoms with Crippen molar-refractivity contribution in [2.45, 2.75) is 70.1 Å². The number of allylic oxidation sites excluding steroid dienone is 4. The van der Waals surface area contributed by atoms with Crippen molar-refractivity contribution in [1.29, 1.82) is 5.26 Å². The molecule has 2 saturated carbocycles. The summed E-state index contributed by atoms with van der Waals surface area (Å²) < 4.78 is 39.4. The fourth-order valence-electron chi connectivity index (χ4n) is 4.89. The quantitative estimate of drug-likeness (QED) is 0.353. The van der Waals surface area contributed by atoms with Crippen LogP contribution in [0.15, 0.2) is 42.3 Å². The lowest BCUT2D eigenvalue weighted by Crippen LogP contribution is -2.14. The molecule has 1 nitrogen and oxygen atoms in total. The van der Waals surface area contributed by atoms with Gasteiger partial charge in [0.2, 0.25) is 0 Å². The third kappa shape index (κ3) is 6.49. The zero-order valence-electron chi connectivity index (χ0n) is 16.9. The van der Waals surface area contributed by atoms with Gasteiger partial charge in [0.05, 0.1) is 0 Å². The van der Waals surface area contributed by atoms with Crippen molar-refractivity contribution in [2.75, 3.05) is 0 Å². The summed E-state index contributed by atoms with van der Waals surface area (Å²) >= 11 is 0. The maximum atomic E-state index is 13.5. The van der Waals surface area contributed by atoms with E-state index in [1.165, 1.54) is 50.0 Å². The molecular weight excluding hydrogens is 371 g/mol. The van der Waals surface area contributed by atoms with E-state index in [0.717, 1.165) is 37.7 Å². The molecule has 0 heterocycles. The van der Waals surface area contributed by atoms with E-state index in [4.69, 9.17) is 5.26 Å². The number of halogens is 3. The van der Waals surface area contributed by atoms with Gasteiger partial charge in [0, 0.05) is 0 Å². The standard InChI is InChI=1S/C25H30F3N/c26-23(17-29)3-1-2-18-4-6-19(7-5-18)8-9-20-10-12-21(13-11-20)22-14-15-24(27)25(28)16-22/h3,8-9,14-16,18-21H,1-2,4-7,10-13H2. The second-order valence-corrected chi connectivity index (χ2v) is 8.69. The predicted molar refractivity (Wildman–Crippen MR) is 110 cm³/mol. The van der Waals surface area contributed by atoms with E-state index < -0.39 is 17.5 Å². The van der Waals surface area contributed by atoms with Gasteiger partial charge in [0.15, 0.2) is 17.5 Å². The Hall–Kier alpha value is -2.02. The summed E-state index contributed by atoms with van der Waals surface area (Å²) in [6.45, 7) is 0. The molecule has 3 rings (SSSR count). The molecule has 0 amide bonds. The molecule has 0 spiro atoms. The molecule has 4 heteroatoms. The van der Waals surface area contributed by atoms with Crippen LogP contribution in [0.5, 0.6) is 0 Å². The van der Waals surface area contributed by atoms with E-state index in [2.05, 4.69) is 12.2 Å². The van der Waals surface area contributed by atoms with Crippen molar-refractivity contribution in [3.8, 4) is 6.07 Å². The summed E-state index contributed by atoms with van der Waals surface area (Å²) in [7, 11) is 0. The summed E-state index contributed by atoms with van der Waals surface area (Å²) in [4.78, 5) is 0. The third-order valence-electron chi connectivity index (χ3n) is 6.74. The zero-order chi connectivity index (χ0) is 20.6. The van der Waals surface area contributed by atoms with Crippen molar-refractivity contribution < 1.29 is 13.2 Å². The Kier molecular flexibility index (Phi) is 7.98. The number of hydrogen-bond acceptors (Lipinski definition) is 1. The smallest absolute Gasteiger partial charge is 0.196 e. The lowest BCUT2D eigenvalue weighted by atomic mass is 9.77. The van der Waals surface area contributed by atoms with E-state index in [-0.39, 0.29) is 0 Å². The first-order valence-electron chi connectivity index (χ1n) is 10.9. The monoisotopic (exact) mass is 401 g/mol. The molecule has 29 heavy (non-hydrogen) atoms. The van der Waals surface area contributed by atoms with Gasteiger partial charge in [-0.15, -0.1) is 0 Å². The van der Waals surface area contributed by atoms with Crippen molar-refractivity contribution in [3.05, 3.63) is 59.5 Å². The lowest BCUT2D eigenvalue weighted by Gasteiger charge is -2.29. The van der Waals surface area contributed by atoms with Crippen LogP contribution in [0, 0.1) is 40.7 Å². The van der Waals surface area contributed by atoms with Crippen molar-refractivity contribution in [3.63, 3.8) is 0 Å². The van der Waals surface area contributed by atoms with Crippen LogP contribution in [0.3, 0.4) is 0 Å².